The standard InChI is InChI=1S/C13H10F3NO5S2/c14-13(15,16)22-9-1-2-10(12(18)19)11(7-9)17(24(20)21)8-3-5-23-6-4-8/h1-5,7,24H,6H2,(H,18,19). The van der Waals surface area contributed by atoms with Crippen molar-refractivity contribution < 1.29 is 36.2 Å². The number of carboxylic acid groups (broad SMARTS) is 1. The maximum atomic E-state index is 12.3. The van der Waals surface area contributed by atoms with Gasteiger partial charge in [0.15, 0.2) is 0 Å². The summed E-state index contributed by atoms with van der Waals surface area (Å²) in [6.07, 6.45) is -2.06. The molecule has 1 aliphatic heterocycles. The SMILES string of the molecule is O=C(O)c1ccc(OC(F)(F)F)cc1N(C1=CCSC=C1)[SH](=O)=O. The van der Waals surface area contributed by atoms with Crippen LogP contribution in [0, 0.1) is 0 Å². The largest absolute Gasteiger partial charge is 0.573 e. The van der Waals surface area contributed by atoms with Crippen LogP contribution in [-0.2, 0) is 10.9 Å². The Labute approximate surface area is 140 Å². The average Bonchev–Trinajstić information content (AvgIpc) is 2.46. The molecule has 6 nitrogen and oxygen atoms in total. The van der Waals surface area contributed by atoms with Crippen molar-refractivity contribution in [1.29, 1.82) is 0 Å². The molecular weight excluding hydrogens is 371 g/mol. The summed E-state index contributed by atoms with van der Waals surface area (Å²) in [6.45, 7) is 0. The molecule has 1 N–H and O–H groups in total. The maximum Gasteiger partial charge on any atom is 0.573 e. The summed E-state index contributed by atoms with van der Waals surface area (Å²) in [5.41, 5.74) is -0.782. The molecule has 130 valence electrons. The molecule has 0 atom stereocenters. The van der Waals surface area contributed by atoms with Crippen molar-refractivity contribution in [2.75, 3.05) is 10.1 Å². The van der Waals surface area contributed by atoms with Crippen LogP contribution in [-0.4, -0.2) is 31.6 Å². The van der Waals surface area contributed by atoms with Crippen LogP contribution in [0.5, 0.6) is 5.75 Å². The number of allylic oxidation sites excluding steroid dienone is 1. The first kappa shape index (κ1) is 18.2. The molecule has 1 aliphatic rings. The molecule has 0 spiro atoms. The van der Waals surface area contributed by atoms with Crippen LogP contribution in [0.4, 0.5) is 18.9 Å². The van der Waals surface area contributed by atoms with Crippen molar-refractivity contribution >= 4 is 34.3 Å². The molecule has 0 saturated heterocycles. The first-order chi connectivity index (χ1) is 11.2. The van der Waals surface area contributed by atoms with Crippen molar-refractivity contribution in [3.8, 4) is 5.75 Å². The predicted octanol–water partition coefficient (Wildman–Crippen LogP) is 2.76. The van der Waals surface area contributed by atoms with Gasteiger partial charge in [0, 0.05) is 11.8 Å². The quantitative estimate of drug-likeness (QED) is 0.763. The number of hydrogen-bond donors (Lipinski definition) is 2. The summed E-state index contributed by atoms with van der Waals surface area (Å²) >= 11 is 1.37. The number of hydrogen-bond acceptors (Lipinski definition) is 5. The molecule has 0 fully saturated rings. The third kappa shape index (κ3) is 4.45. The monoisotopic (exact) mass is 381 g/mol. The summed E-state index contributed by atoms with van der Waals surface area (Å²) in [7, 11) is -3.35. The molecule has 1 heterocycles. The van der Waals surface area contributed by atoms with E-state index in [1.165, 1.54) is 23.9 Å². The summed E-state index contributed by atoms with van der Waals surface area (Å²) in [5.74, 6) is -1.77. The second-order valence-electron chi connectivity index (χ2n) is 4.35. The fourth-order valence-electron chi connectivity index (χ4n) is 1.92. The second kappa shape index (κ2) is 7.18. The molecule has 0 unspecified atom stereocenters. The van der Waals surface area contributed by atoms with Crippen LogP contribution in [0.25, 0.3) is 0 Å². The number of aromatic carboxylic acids is 1. The van der Waals surface area contributed by atoms with E-state index in [0.717, 1.165) is 18.2 Å². The van der Waals surface area contributed by atoms with Gasteiger partial charge in [-0.05, 0) is 29.7 Å². The third-order valence-electron chi connectivity index (χ3n) is 2.79. The third-order valence-corrected chi connectivity index (χ3v) is 4.25. The van der Waals surface area contributed by atoms with Crippen LogP contribution in [0.2, 0.25) is 0 Å². The minimum atomic E-state index is -4.99. The number of carbonyl (C=O) groups is 1. The Morgan fingerprint density at radius 2 is 2.04 bits per heavy atom. The van der Waals surface area contributed by atoms with Gasteiger partial charge >= 0.3 is 12.3 Å². The van der Waals surface area contributed by atoms with E-state index >= 15 is 0 Å². The fourth-order valence-corrected chi connectivity index (χ4v) is 3.21. The number of halogens is 3. The van der Waals surface area contributed by atoms with Gasteiger partial charge in [0.05, 0.1) is 16.9 Å². The van der Waals surface area contributed by atoms with E-state index in [1.807, 2.05) is 0 Å². The average molecular weight is 381 g/mol. The van der Waals surface area contributed by atoms with E-state index in [1.54, 1.807) is 5.41 Å². The van der Waals surface area contributed by atoms with E-state index < -0.39 is 40.2 Å². The highest BCUT2D eigenvalue weighted by Gasteiger charge is 2.32. The number of ether oxygens (including phenoxy) is 1. The highest BCUT2D eigenvalue weighted by molar-refractivity contribution is 8.02. The Balaban J connectivity index is 2.58. The molecule has 0 aromatic heterocycles. The van der Waals surface area contributed by atoms with Crippen LogP contribution < -0.4 is 9.04 Å². The van der Waals surface area contributed by atoms with Crippen molar-refractivity contribution in [2.24, 2.45) is 0 Å². The van der Waals surface area contributed by atoms with Crippen molar-refractivity contribution in [3.05, 3.63) is 47.0 Å². The smallest absolute Gasteiger partial charge is 0.478 e. The lowest BCUT2D eigenvalue weighted by Crippen LogP contribution is -2.23. The summed E-state index contributed by atoms with van der Waals surface area (Å²) in [6, 6.07) is 2.38. The van der Waals surface area contributed by atoms with Gasteiger partial charge in [-0.2, -0.15) is 0 Å². The van der Waals surface area contributed by atoms with Crippen molar-refractivity contribution in [2.45, 2.75) is 6.36 Å². The van der Waals surface area contributed by atoms with Gasteiger partial charge in [-0.3, -0.25) is 0 Å². The normalized spacial score (nSPS) is 14.4. The molecule has 0 amide bonds. The van der Waals surface area contributed by atoms with Gasteiger partial charge in [-0.15, -0.1) is 24.9 Å². The molecule has 0 saturated carbocycles. The summed E-state index contributed by atoms with van der Waals surface area (Å²) < 4.78 is 64.6. The van der Waals surface area contributed by atoms with Crippen molar-refractivity contribution in [3.63, 3.8) is 0 Å². The highest BCUT2D eigenvalue weighted by Crippen LogP contribution is 2.33. The summed E-state index contributed by atoms with van der Waals surface area (Å²) in [5, 5.41) is 10.8. The zero-order valence-electron chi connectivity index (χ0n) is 11.7. The number of anilines is 1. The highest BCUT2D eigenvalue weighted by atomic mass is 32.2. The number of carboxylic acids is 1. The lowest BCUT2D eigenvalue weighted by Gasteiger charge is -2.23. The number of thioether (sulfide) groups is 1. The molecule has 24 heavy (non-hydrogen) atoms. The number of benzene rings is 1. The molecule has 2 rings (SSSR count). The minimum absolute atomic E-state index is 0.136. The molecule has 0 aliphatic carbocycles. The van der Waals surface area contributed by atoms with Gasteiger partial charge in [-0.1, -0.05) is 0 Å². The molecule has 1 aromatic carbocycles. The fraction of sp³-hybridized carbons (Fsp3) is 0.154. The predicted molar refractivity (Wildman–Crippen MR) is 82.6 cm³/mol. The Morgan fingerprint density at radius 3 is 2.54 bits per heavy atom. The lowest BCUT2D eigenvalue weighted by atomic mass is 10.1. The Kier molecular flexibility index (Phi) is 5.44. The minimum Gasteiger partial charge on any atom is -0.478 e. The number of thiol groups is 1. The van der Waals surface area contributed by atoms with Crippen LogP contribution in [0.1, 0.15) is 10.4 Å². The van der Waals surface area contributed by atoms with E-state index in [-0.39, 0.29) is 5.70 Å². The molecule has 11 heteroatoms. The van der Waals surface area contributed by atoms with Gasteiger partial charge < -0.3 is 9.84 Å². The van der Waals surface area contributed by atoms with Gasteiger partial charge in [0.2, 0.25) is 10.9 Å². The molecule has 1 aromatic rings. The van der Waals surface area contributed by atoms with E-state index in [9.17, 15) is 31.5 Å². The zero-order chi connectivity index (χ0) is 17.9. The van der Waals surface area contributed by atoms with Crippen LogP contribution in [0.15, 0.2) is 41.5 Å². The van der Waals surface area contributed by atoms with Gasteiger partial charge in [0.1, 0.15) is 5.75 Å². The molecule has 0 bridgehead atoms. The second-order valence-corrected chi connectivity index (χ2v) is 6.16. The van der Waals surface area contributed by atoms with Crippen LogP contribution >= 0.6 is 11.8 Å². The van der Waals surface area contributed by atoms with E-state index in [2.05, 4.69) is 4.74 Å². The van der Waals surface area contributed by atoms with Crippen LogP contribution in [0.3, 0.4) is 0 Å². The lowest BCUT2D eigenvalue weighted by molar-refractivity contribution is -0.274. The first-order valence-corrected chi connectivity index (χ1v) is 8.43. The maximum absolute atomic E-state index is 12.3. The van der Waals surface area contributed by atoms with Gasteiger partial charge in [0.25, 0.3) is 0 Å². The number of nitrogens with zero attached hydrogens (tertiary/aromatic N) is 1. The molecular formula is C13H10F3NO5S2. The van der Waals surface area contributed by atoms with E-state index in [4.69, 9.17) is 0 Å². The Bertz CT molecular complexity index is 778. The Morgan fingerprint density at radius 1 is 1.33 bits per heavy atom. The van der Waals surface area contributed by atoms with Crippen molar-refractivity contribution in [1.82, 2.24) is 0 Å². The number of alkyl halides is 3. The molecule has 0 radical (unpaired) electrons. The summed E-state index contributed by atoms with van der Waals surface area (Å²) in [4.78, 5) is 11.3. The van der Waals surface area contributed by atoms with Gasteiger partial charge in [-0.25, -0.2) is 17.5 Å². The van der Waals surface area contributed by atoms with E-state index in [0.29, 0.717) is 10.1 Å². The number of rotatable bonds is 5. The first-order valence-electron chi connectivity index (χ1n) is 6.25. The topological polar surface area (TPSA) is 83.9 Å². The Hall–Kier alpha value is -2.14. The zero-order valence-corrected chi connectivity index (χ0v) is 13.4.